The largest absolute Gasteiger partial charge is 0.465 e. The second-order valence-electron chi connectivity index (χ2n) is 5.14. The summed E-state index contributed by atoms with van der Waals surface area (Å²) in [6, 6.07) is 4.40. The lowest BCUT2D eigenvalue weighted by Crippen LogP contribution is -2.28. The number of fused-ring (bicyclic) bond motifs is 1. The molecule has 1 atom stereocenters. The minimum Gasteiger partial charge on any atom is -0.465 e. The fraction of sp³-hybridized carbons (Fsp3) is 0.333. The van der Waals surface area contributed by atoms with E-state index in [1.165, 1.54) is 29.9 Å². The second kappa shape index (κ2) is 7.45. The summed E-state index contributed by atoms with van der Waals surface area (Å²) in [6.45, 7) is 1.57. The molecule has 0 saturated carbocycles. The molecule has 0 fully saturated rings. The van der Waals surface area contributed by atoms with Gasteiger partial charge in [-0.15, -0.1) is 0 Å². The zero-order chi connectivity index (χ0) is 17.9. The van der Waals surface area contributed by atoms with E-state index in [-0.39, 0.29) is 28.6 Å². The van der Waals surface area contributed by atoms with Crippen molar-refractivity contribution < 1.29 is 19.4 Å². The Hall–Kier alpha value is -2.39. The van der Waals surface area contributed by atoms with Gasteiger partial charge in [0.15, 0.2) is 5.16 Å². The number of methoxy groups -OCH3 is 1. The van der Waals surface area contributed by atoms with Crippen LogP contribution in [0.1, 0.15) is 17.3 Å². The van der Waals surface area contributed by atoms with Gasteiger partial charge < -0.3 is 15.6 Å². The maximum Gasteiger partial charge on any atom is 0.337 e. The number of carbonyl (C=O) groups is 2. The van der Waals surface area contributed by atoms with Crippen molar-refractivity contribution in [2.24, 2.45) is 5.73 Å². The van der Waals surface area contributed by atoms with Crippen molar-refractivity contribution >= 4 is 34.5 Å². The molecule has 0 saturated heterocycles. The molecule has 0 spiro atoms. The summed E-state index contributed by atoms with van der Waals surface area (Å²) in [6.07, 6.45) is -0.774. The number of esters is 1. The highest BCUT2D eigenvalue weighted by Crippen LogP contribution is 2.19. The Morgan fingerprint density at radius 3 is 2.75 bits per heavy atom. The fourth-order valence-electron chi connectivity index (χ4n) is 2.12. The van der Waals surface area contributed by atoms with E-state index in [0.717, 1.165) is 11.8 Å². The normalized spacial score (nSPS) is 12.1. The predicted molar refractivity (Wildman–Crippen MR) is 88.9 cm³/mol. The molecule has 1 aromatic heterocycles. The minimum atomic E-state index is -0.774. The molecule has 2 rings (SSSR count). The number of hydrogen-bond donors (Lipinski definition) is 2. The van der Waals surface area contributed by atoms with Gasteiger partial charge in [-0.2, -0.15) is 0 Å². The summed E-state index contributed by atoms with van der Waals surface area (Å²) >= 11 is 0.996. The highest BCUT2D eigenvalue weighted by atomic mass is 32.2. The first-order valence-corrected chi connectivity index (χ1v) is 8.04. The summed E-state index contributed by atoms with van der Waals surface area (Å²) in [5, 5.41) is 10.1. The van der Waals surface area contributed by atoms with Crippen molar-refractivity contribution in [1.29, 1.82) is 0 Å². The van der Waals surface area contributed by atoms with Gasteiger partial charge >= 0.3 is 5.97 Å². The van der Waals surface area contributed by atoms with Crippen LogP contribution >= 0.6 is 11.8 Å². The van der Waals surface area contributed by atoms with Gasteiger partial charge in [0.05, 0.1) is 42.0 Å². The van der Waals surface area contributed by atoms with Gasteiger partial charge in [-0.25, -0.2) is 9.78 Å². The van der Waals surface area contributed by atoms with Crippen molar-refractivity contribution in [2.45, 2.75) is 24.7 Å². The first-order valence-electron chi connectivity index (χ1n) is 7.05. The molecule has 128 valence electrons. The van der Waals surface area contributed by atoms with Crippen molar-refractivity contribution in [3.8, 4) is 0 Å². The van der Waals surface area contributed by atoms with Gasteiger partial charge in [0, 0.05) is 0 Å². The number of benzene rings is 1. The quantitative estimate of drug-likeness (QED) is 0.431. The van der Waals surface area contributed by atoms with Gasteiger partial charge in [-0.05, 0) is 25.1 Å². The second-order valence-corrected chi connectivity index (χ2v) is 6.08. The molecule has 0 aliphatic heterocycles. The summed E-state index contributed by atoms with van der Waals surface area (Å²) in [7, 11) is 1.26. The average molecular weight is 351 g/mol. The highest BCUT2D eigenvalue weighted by Gasteiger charge is 2.16. The van der Waals surface area contributed by atoms with Crippen molar-refractivity contribution in [1.82, 2.24) is 9.55 Å². The molecule has 1 aromatic carbocycles. The number of aromatic nitrogens is 2. The van der Waals surface area contributed by atoms with Crippen LogP contribution in [0.2, 0.25) is 0 Å². The summed E-state index contributed by atoms with van der Waals surface area (Å²) in [5.41, 5.74) is 5.33. The van der Waals surface area contributed by atoms with Gasteiger partial charge in [-0.1, -0.05) is 11.8 Å². The molecule has 0 unspecified atom stereocenters. The molecule has 1 heterocycles. The molecule has 24 heavy (non-hydrogen) atoms. The van der Waals surface area contributed by atoms with Crippen LogP contribution in [0.3, 0.4) is 0 Å². The summed E-state index contributed by atoms with van der Waals surface area (Å²) in [5.74, 6) is -1.16. The van der Waals surface area contributed by atoms with E-state index in [4.69, 9.17) is 5.73 Å². The van der Waals surface area contributed by atoms with Crippen molar-refractivity contribution in [3.63, 3.8) is 0 Å². The number of primary amides is 1. The third kappa shape index (κ3) is 3.92. The van der Waals surface area contributed by atoms with E-state index in [0.29, 0.717) is 10.9 Å². The van der Waals surface area contributed by atoms with Crippen LogP contribution in [-0.2, 0) is 16.1 Å². The third-order valence-corrected chi connectivity index (χ3v) is 4.13. The van der Waals surface area contributed by atoms with Crippen LogP contribution < -0.4 is 11.3 Å². The number of nitrogens with two attached hydrogens (primary N) is 1. The smallest absolute Gasteiger partial charge is 0.337 e. The lowest BCUT2D eigenvalue weighted by atomic mass is 10.1. The molecule has 1 amide bonds. The van der Waals surface area contributed by atoms with Gasteiger partial charge in [0.2, 0.25) is 5.91 Å². The van der Waals surface area contributed by atoms with E-state index in [2.05, 4.69) is 9.72 Å². The number of hydrogen-bond acceptors (Lipinski definition) is 7. The number of aliphatic hydroxyl groups excluding tert-OH is 1. The molecule has 8 nitrogen and oxygen atoms in total. The van der Waals surface area contributed by atoms with E-state index < -0.39 is 18.0 Å². The van der Waals surface area contributed by atoms with Gasteiger partial charge in [0.25, 0.3) is 5.56 Å². The fourth-order valence-corrected chi connectivity index (χ4v) is 2.86. The maximum absolute atomic E-state index is 12.6. The molecular weight excluding hydrogens is 334 g/mol. The van der Waals surface area contributed by atoms with Crippen LogP contribution in [0.25, 0.3) is 10.9 Å². The number of carbonyl (C=O) groups excluding carboxylic acids is 2. The number of rotatable bonds is 6. The number of amides is 1. The Balaban J connectivity index is 2.62. The van der Waals surface area contributed by atoms with E-state index in [9.17, 15) is 19.5 Å². The third-order valence-electron chi connectivity index (χ3n) is 3.13. The van der Waals surface area contributed by atoms with Crippen LogP contribution in [0, 0.1) is 0 Å². The molecule has 0 radical (unpaired) electrons. The topological polar surface area (TPSA) is 125 Å². The van der Waals surface area contributed by atoms with Crippen molar-refractivity contribution in [2.75, 3.05) is 12.9 Å². The first-order chi connectivity index (χ1) is 11.3. The molecule has 0 aliphatic carbocycles. The van der Waals surface area contributed by atoms with Gasteiger partial charge in [-0.3, -0.25) is 14.2 Å². The SMILES string of the molecule is COC(=O)c1ccc2c(=O)n(C[C@H](C)O)c(SCC(N)=O)nc2c1. The van der Waals surface area contributed by atoms with E-state index in [1.807, 2.05) is 0 Å². The van der Waals surface area contributed by atoms with Gasteiger partial charge in [0.1, 0.15) is 0 Å². The predicted octanol–water partition coefficient (Wildman–Crippen LogP) is 0.141. The Morgan fingerprint density at radius 1 is 1.46 bits per heavy atom. The zero-order valence-electron chi connectivity index (χ0n) is 13.2. The Kier molecular flexibility index (Phi) is 5.58. The Labute approximate surface area is 141 Å². The molecule has 3 N–H and O–H groups in total. The highest BCUT2D eigenvalue weighted by molar-refractivity contribution is 7.99. The standard InChI is InChI=1S/C15H17N3O5S/c1-8(19)6-18-13(21)10-4-3-9(14(22)23-2)5-11(10)17-15(18)24-7-12(16)20/h3-5,8,19H,6-7H2,1-2H3,(H2,16,20)/t8-/m0/s1. The van der Waals surface area contributed by atoms with Crippen molar-refractivity contribution in [3.05, 3.63) is 34.1 Å². The van der Waals surface area contributed by atoms with Crippen LogP contribution in [-0.4, -0.2) is 45.5 Å². The molecule has 0 aliphatic rings. The molecule has 0 bridgehead atoms. The summed E-state index contributed by atoms with van der Waals surface area (Å²) < 4.78 is 5.94. The maximum atomic E-state index is 12.6. The number of ether oxygens (including phenoxy) is 1. The number of aliphatic hydroxyl groups is 1. The van der Waals surface area contributed by atoms with Crippen LogP contribution in [0.15, 0.2) is 28.2 Å². The molecule has 9 heteroatoms. The number of thioether (sulfide) groups is 1. The minimum absolute atomic E-state index is 0.0294. The van der Waals surface area contributed by atoms with E-state index >= 15 is 0 Å². The average Bonchev–Trinajstić information content (AvgIpc) is 2.54. The Bertz CT molecular complexity index is 847. The number of nitrogens with zero attached hydrogens (tertiary/aromatic N) is 2. The lowest BCUT2D eigenvalue weighted by Gasteiger charge is -2.14. The zero-order valence-corrected chi connectivity index (χ0v) is 14.0. The van der Waals surface area contributed by atoms with Crippen LogP contribution in [0.4, 0.5) is 0 Å². The Morgan fingerprint density at radius 2 is 2.17 bits per heavy atom. The molecule has 2 aromatic rings. The molecular formula is C15H17N3O5S. The first kappa shape index (κ1) is 18.0. The monoisotopic (exact) mass is 351 g/mol. The van der Waals surface area contributed by atoms with E-state index in [1.54, 1.807) is 6.92 Å². The lowest BCUT2D eigenvalue weighted by molar-refractivity contribution is -0.115. The van der Waals surface area contributed by atoms with Crippen LogP contribution in [0.5, 0.6) is 0 Å². The summed E-state index contributed by atoms with van der Waals surface area (Å²) in [4.78, 5) is 39.6.